The van der Waals surface area contributed by atoms with Crippen LogP contribution in [0.15, 0.2) is 21.5 Å². The van der Waals surface area contributed by atoms with Crippen molar-refractivity contribution in [2.45, 2.75) is 25.7 Å². The van der Waals surface area contributed by atoms with Gasteiger partial charge in [-0.05, 0) is 19.1 Å². The monoisotopic (exact) mass is 316 g/mol. The van der Waals surface area contributed by atoms with Crippen LogP contribution in [0.4, 0.5) is 4.39 Å². The summed E-state index contributed by atoms with van der Waals surface area (Å²) < 4.78 is 35.4. The molecule has 86 valence electrons. The lowest BCUT2D eigenvalue weighted by Crippen LogP contribution is -1.97. The molecule has 0 amide bonds. The minimum atomic E-state index is -4.00. The molecule has 0 aliphatic carbocycles. The first-order chi connectivity index (χ1) is 6.84. The molecule has 1 rings (SSSR count). The fourth-order valence-electron chi connectivity index (χ4n) is 0.825. The zero-order valence-electron chi connectivity index (χ0n) is 8.51. The second-order valence-electron chi connectivity index (χ2n) is 2.42. The lowest BCUT2D eigenvalue weighted by atomic mass is 10.2. The first-order valence-corrected chi connectivity index (χ1v) is 7.33. The van der Waals surface area contributed by atoms with E-state index in [1.807, 2.05) is 13.8 Å². The molecular weight excluding hydrogens is 307 g/mol. The second kappa shape index (κ2) is 5.82. The zero-order chi connectivity index (χ0) is 12.2. The van der Waals surface area contributed by atoms with Gasteiger partial charge in [0.05, 0.1) is 0 Å². The van der Waals surface area contributed by atoms with Gasteiger partial charge in [0.2, 0.25) is 0 Å². The van der Waals surface area contributed by atoms with E-state index in [0.29, 0.717) is 4.47 Å². The van der Waals surface area contributed by atoms with E-state index in [0.717, 1.165) is 6.07 Å². The van der Waals surface area contributed by atoms with Crippen molar-refractivity contribution in [3.05, 3.63) is 28.0 Å². The summed E-state index contributed by atoms with van der Waals surface area (Å²) in [5.74, 6) is -0.815. The first-order valence-electron chi connectivity index (χ1n) is 4.23. The highest BCUT2D eigenvalue weighted by Crippen LogP contribution is 2.26. The van der Waals surface area contributed by atoms with Crippen LogP contribution < -0.4 is 0 Å². The minimum Gasteiger partial charge on any atom is -0.207 e. The van der Waals surface area contributed by atoms with Gasteiger partial charge in [-0.15, -0.1) is 0 Å². The van der Waals surface area contributed by atoms with Gasteiger partial charge in [-0.3, -0.25) is 0 Å². The van der Waals surface area contributed by atoms with Gasteiger partial charge >= 0.3 is 0 Å². The van der Waals surface area contributed by atoms with E-state index in [-0.39, 0.29) is 5.56 Å². The molecule has 0 saturated carbocycles. The average molecular weight is 318 g/mol. The largest absolute Gasteiger partial charge is 0.264 e. The molecule has 0 aromatic heterocycles. The number of halogens is 3. The molecule has 1 aromatic carbocycles. The third-order valence-corrected chi connectivity index (χ3v) is 3.75. The molecule has 15 heavy (non-hydrogen) atoms. The van der Waals surface area contributed by atoms with Crippen molar-refractivity contribution in [1.82, 2.24) is 0 Å². The van der Waals surface area contributed by atoms with E-state index in [2.05, 4.69) is 15.9 Å². The Balaban J connectivity index is 0.000000921. The van der Waals surface area contributed by atoms with Gasteiger partial charge < -0.3 is 0 Å². The van der Waals surface area contributed by atoms with Gasteiger partial charge in [0.15, 0.2) is 0 Å². The molecule has 0 aliphatic heterocycles. The average Bonchev–Trinajstić information content (AvgIpc) is 2.15. The molecule has 0 saturated heterocycles. The smallest absolute Gasteiger partial charge is 0.207 e. The molecule has 6 heteroatoms. The predicted octanol–water partition coefficient (Wildman–Crippen LogP) is 3.85. The van der Waals surface area contributed by atoms with Gasteiger partial charge in [-0.1, -0.05) is 29.8 Å². The Morgan fingerprint density at radius 3 is 2.20 bits per heavy atom. The number of hydrogen-bond acceptors (Lipinski definition) is 2. The van der Waals surface area contributed by atoms with Crippen molar-refractivity contribution < 1.29 is 12.8 Å². The summed E-state index contributed by atoms with van der Waals surface area (Å²) in [6.07, 6.45) is 0. The van der Waals surface area contributed by atoms with Crippen LogP contribution in [0.3, 0.4) is 0 Å². The number of benzene rings is 1. The molecule has 0 aliphatic rings. The fraction of sp³-hybridized carbons (Fsp3) is 0.333. The maximum Gasteiger partial charge on any atom is 0.264 e. The zero-order valence-corrected chi connectivity index (χ0v) is 11.7. The second-order valence-corrected chi connectivity index (χ2v) is 5.81. The molecule has 0 atom stereocenters. The maximum absolute atomic E-state index is 13.3. The molecular formula is C9H11BrClFO2S. The van der Waals surface area contributed by atoms with Crippen molar-refractivity contribution in [1.29, 1.82) is 0 Å². The summed E-state index contributed by atoms with van der Waals surface area (Å²) in [6.45, 7) is 5.46. The van der Waals surface area contributed by atoms with Crippen LogP contribution in [0.2, 0.25) is 0 Å². The predicted molar refractivity (Wildman–Crippen MR) is 63.2 cm³/mol. The highest BCUT2D eigenvalue weighted by molar-refractivity contribution is 9.10. The Bertz CT molecular complexity index is 446. The summed E-state index contributed by atoms with van der Waals surface area (Å²) in [7, 11) is 1.01. The van der Waals surface area contributed by atoms with Crippen molar-refractivity contribution in [2.24, 2.45) is 0 Å². The van der Waals surface area contributed by atoms with Gasteiger partial charge in [-0.25, -0.2) is 12.8 Å². The third kappa shape index (κ3) is 3.74. The molecule has 1 aromatic rings. The summed E-state index contributed by atoms with van der Waals surface area (Å²) in [5.41, 5.74) is 0.224. The van der Waals surface area contributed by atoms with Crippen LogP contribution in [-0.2, 0) is 9.05 Å². The topological polar surface area (TPSA) is 34.1 Å². The van der Waals surface area contributed by atoms with E-state index in [1.54, 1.807) is 0 Å². The number of rotatable bonds is 1. The fourth-order valence-corrected chi connectivity index (χ4v) is 2.09. The Hall–Kier alpha value is -0.130. The van der Waals surface area contributed by atoms with Crippen LogP contribution >= 0.6 is 26.6 Å². The van der Waals surface area contributed by atoms with Gasteiger partial charge in [0.25, 0.3) is 9.05 Å². The van der Waals surface area contributed by atoms with Crippen LogP contribution in [0.25, 0.3) is 0 Å². The quantitative estimate of drug-likeness (QED) is 0.737. The van der Waals surface area contributed by atoms with Gasteiger partial charge in [-0.2, -0.15) is 0 Å². The van der Waals surface area contributed by atoms with Crippen molar-refractivity contribution in [2.75, 3.05) is 0 Å². The Labute approximate surface area is 102 Å². The molecule has 0 N–H and O–H groups in total. The standard InChI is InChI=1S/C7H5BrClFO2S.C2H6/c1-4-5(8)2-3-6(7(4)10)13(9,11)12;1-2/h2-3H,1H3;1-2H3. The summed E-state index contributed by atoms with van der Waals surface area (Å²) in [6, 6.07) is 2.56. The molecule has 0 bridgehead atoms. The molecule has 0 radical (unpaired) electrons. The van der Waals surface area contributed by atoms with Crippen molar-refractivity contribution in [3.8, 4) is 0 Å². The lowest BCUT2D eigenvalue weighted by Gasteiger charge is -2.03. The Morgan fingerprint density at radius 2 is 1.80 bits per heavy atom. The van der Waals surface area contributed by atoms with Crippen molar-refractivity contribution in [3.63, 3.8) is 0 Å². The molecule has 0 fully saturated rings. The SMILES string of the molecule is CC.Cc1c(Br)ccc(S(=O)(=O)Cl)c1F. The Morgan fingerprint density at radius 1 is 1.33 bits per heavy atom. The van der Waals surface area contributed by atoms with Crippen molar-refractivity contribution >= 4 is 35.7 Å². The van der Waals surface area contributed by atoms with Crippen LogP contribution in [0.1, 0.15) is 19.4 Å². The molecule has 0 unspecified atom stereocenters. The van der Waals surface area contributed by atoms with Crippen LogP contribution in [0, 0.1) is 12.7 Å². The third-order valence-electron chi connectivity index (χ3n) is 1.55. The molecule has 0 heterocycles. The van der Waals surface area contributed by atoms with E-state index in [9.17, 15) is 12.8 Å². The van der Waals surface area contributed by atoms with E-state index in [4.69, 9.17) is 10.7 Å². The summed E-state index contributed by atoms with van der Waals surface area (Å²) >= 11 is 3.07. The van der Waals surface area contributed by atoms with E-state index >= 15 is 0 Å². The molecule has 0 spiro atoms. The van der Waals surface area contributed by atoms with E-state index in [1.165, 1.54) is 13.0 Å². The maximum atomic E-state index is 13.3. The summed E-state index contributed by atoms with van der Waals surface area (Å²) in [4.78, 5) is -0.491. The lowest BCUT2D eigenvalue weighted by molar-refractivity contribution is 0.569. The van der Waals surface area contributed by atoms with Crippen LogP contribution in [-0.4, -0.2) is 8.42 Å². The van der Waals surface area contributed by atoms with Crippen LogP contribution in [0.5, 0.6) is 0 Å². The van der Waals surface area contributed by atoms with E-state index < -0.39 is 19.8 Å². The molecule has 2 nitrogen and oxygen atoms in total. The summed E-state index contributed by atoms with van der Waals surface area (Å²) in [5, 5.41) is 0. The first kappa shape index (κ1) is 14.9. The normalized spacial score (nSPS) is 10.5. The number of hydrogen-bond donors (Lipinski definition) is 0. The highest BCUT2D eigenvalue weighted by Gasteiger charge is 2.18. The Kier molecular flexibility index (Phi) is 5.77. The van der Waals surface area contributed by atoms with Gasteiger partial charge in [0, 0.05) is 20.7 Å². The highest BCUT2D eigenvalue weighted by atomic mass is 79.9. The minimum absolute atomic E-state index is 0.224. The van der Waals surface area contributed by atoms with Gasteiger partial charge in [0.1, 0.15) is 10.7 Å².